The Kier molecular flexibility index (Phi) is 5.46. The second kappa shape index (κ2) is 7.67. The van der Waals surface area contributed by atoms with Gasteiger partial charge in [0.2, 0.25) is 0 Å². The number of alkyl halides is 5. The third-order valence-corrected chi connectivity index (χ3v) is 4.83. The quantitative estimate of drug-likeness (QED) is 0.389. The molecule has 0 aliphatic heterocycles. The molecule has 3 aromatic rings. The number of carbonyl (C=O) groups is 1. The second-order valence-corrected chi connectivity index (χ2v) is 7.02. The van der Waals surface area contributed by atoms with Gasteiger partial charge in [0.1, 0.15) is 4.88 Å². The Morgan fingerprint density at radius 3 is 2.25 bits per heavy atom. The average Bonchev–Trinajstić information content (AvgIpc) is 3.08. The molecule has 0 bridgehead atoms. The van der Waals surface area contributed by atoms with Crippen LogP contribution in [0.2, 0.25) is 0 Å². The fourth-order valence-corrected chi connectivity index (χ4v) is 3.36. The molecule has 3 rings (SSSR count). The van der Waals surface area contributed by atoms with Crippen LogP contribution >= 0.6 is 11.3 Å². The highest BCUT2D eigenvalue weighted by Gasteiger charge is 2.31. The van der Waals surface area contributed by atoms with Crippen LogP contribution in [0.4, 0.5) is 27.6 Å². The number of hydrogen-bond donors (Lipinski definition) is 0. The summed E-state index contributed by atoms with van der Waals surface area (Å²) in [6.07, 6.45) is -3.29. The van der Waals surface area contributed by atoms with Gasteiger partial charge < -0.3 is 0 Å². The molecule has 0 unspecified atom stereocenters. The fourth-order valence-electron chi connectivity index (χ4n) is 2.65. The van der Waals surface area contributed by atoms with E-state index in [1.165, 1.54) is 36.5 Å². The molecule has 0 aliphatic carbocycles. The lowest BCUT2D eigenvalue weighted by Gasteiger charge is -2.24. The van der Waals surface area contributed by atoms with Crippen molar-refractivity contribution in [2.45, 2.75) is 19.6 Å². The summed E-state index contributed by atoms with van der Waals surface area (Å²) in [7, 11) is 0. The molecule has 1 heterocycles. The van der Waals surface area contributed by atoms with Gasteiger partial charge in [0, 0.05) is 5.56 Å². The largest absolute Gasteiger partial charge is 0.416 e. The van der Waals surface area contributed by atoms with Crippen LogP contribution in [0.1, 0.15) is 20.2 Å². The van der Waals surface area contributed by atoms with Crippen molar-refractivity contribution in [3.63, 3.8) is 0 Å². The molecule has 3 nitrogen and oxygen atoms in total. The summed E-state index contributed by atoms with van der Waals surface area (Å²) in [4.78, 5) is 16.9. The van der Waals surface area contributed by atoms with Crippen LogP contribution in [0.5, 0.6) is 0 Å². The van der Waals surface area contributed by atoms with E-state index < -0.39 is 24.2 Å². The van der Waals surface area contributed by atoms with Crippen LogP contribution in [-0.2, 0) is 6.18 Å². The van der Waals surface area contributed by atoms with Gasteiger partial charge in [-0.2, -0.15) is 22.0 Å². The Morgan fingerprint density at radius 2 is 1.71 bits per heavy atom. The van der Waals surface area contributed by atoms with Crippen LogP contribution in [0.3, 0.4) is 0 Å². The highest BCUT2D eigenvalue weighted by atomic mass is 32.1. The van der Waals surface area contributed by atoms with Gasteiger partial charge in [-0.25, -0.2) is 9.88 Å². The van der Waals surface area contributed by atoms with Gasteiger partial charge in [0.15, 0.2) is 0 Å². The van der Waals surface area contributed by atoms with Crippen LogP contribution in [0, 0.1) is 6.92 Å². The van der Waals surface area contributed by atoms with E-state index in [1.54, 1.807) is 13.0 Å². The highest BCUT2D eigenvalue weighted by molar-refractivity contribution is 7.13. The molecule has 1 aromatic heterocycles. The van der Waals surface area contributed by atoms with Crippen LogP contribution < -0.4 is 4.90 Å². The topological polar surface area (TPSA) is 33.2 Å². The van der Waals surface area contributed by atoms with E-state index in [1.807, 2.05) is 0 Å². The van der Waals surface area contributed by atoms with Gasteiger partial charge in [-0.1, -0.05) is 30.3 Å². The van der Waals surface area contributed by atoms with Crippen LogP contribution in [0.15, 0.2) is 54.7 Å². The molecule has 1 amide bonds. The molecule has 0 saturated carbocycles. The molecule has 0 spiro atoms. The number of aryl methyl sites for hydroxylation is 1. The second-order valence-electron chi connectivity index (χ2n) is 5.79. The maximum Gasteiger partial charge on any atom is 0.416 e. The van der Waals surface area contributed by atoms with Gasteiger partial charge >= 0.3 is 12.7 Å². The summed E-state index contributed by atoms with van der Waals surface area (Å²) in [5, 5.41) is 0.550. The van der Waals surface area contributed by atoms with Crippen molar-refractivity contribution in [1.82, 2.24) is 4.98 Å². The Hall–Kier alpha value is -2.81. The standard InChI is InChI=1S/C19H13F5N2OS/c1-11-25-10-16(28-11)17(27)26(18(20)21)15-5-3-2-4-14(15)12-6-8-13(9-7-12)19(22,23)24/h2-10,18H,1H3. The minimum absolute atomic E-state index is 0.0417. The first-order valence-corrected chi connectivity index (χ1v) is 8.81. The zero-order valence-electron chi connectivity index (χ0n) is 14.4. The summed E-state index contributed by atoms with van der Waals surface area (Å²) < 4.78 is 65.9. The minimum Gasteiger partial charge on any atom is -0.268 e. The van der Waals surface area contributed by atoms with E-state index in [0.717, 1.165) is 23.5 Å². The third kappa shape index (κ3) is 4.04. The predicted octanol–water partition coefficient (Wildman–Crippen LogP) is 6.01. The zero-order chi connectivity index (χ0) is 20.5. The van der Waals surface area contributed by atoms with Crippen molar-refractivity contribution in [3.8, 4) is 11.1 Å². The smallest absolute Gasteiger partial charge is 0.268 e. The first kappa shape index (κ1) is 19.9. The van der Waals surface area contributed by atoms with Gasteiger partial charge in [0.05, 0.1) is 22.5 Å². The molecule has 28 heavy (non-hydrogen) atoms. The normalized spacial score (nSPS) is 11.7. The van der Waals surface area contributed by atoms with E-state index in [9.17, 15) is 26.7 Å². The fraction of sp³-hybridized carbons (Fsp3) is 0.158. The number of halogens is 5. The lowest BCUT2D eigenvalue weighted by Crippen LogP contribution is -2.35. The Labute approximate surface area is 161 Å². The van der Waals surface area contributed by atoms with E-state index in [0.29, 0.717) is 9.91 Å². The third-order valence-electron chi connectivity index (χ3n) is 3.93. The molecule has 0 atom stereocenters. The molecule has 0 N–H and O–H groups in total. The summed E-state index contributed by atoms with van der Waals surface area (Å²) in [6, 6.07) is 9.94. The molecule has 2 aromatic carbocycles. The molecule has 0 aliphatic rings. The van der Waals surface area contributed by atoms with Crippen molar-refractivity contribution < 1.29 is 26.7 Å². The summed E-state index contributed by atoms with van der Waals surface area (Å²) in [6.45, 7) is -1.50. The number of nitrogens with zero attached hydrogens (tertiary/aromatic N) is 2. The van der Waals surface area contributed by atoms with Crippen molar-refractivity contribution in [2.75, 3.05) is 4.90 Å². The van der Waals surface area contributed by atoms with Crippen molar-refractivity contribution >= 4 is 22.9 Å². The van der Waals surface area contributed by atoms with Crippen LogP contribution in [-0.4, -0.2) is 17.4 Å². The van der Waals surface area contributed by atoms with E-state index in [-0.39, 0.29) is 21.7 Å². The molecular weight excluding hydrogens is 399 g/mol. The molecule has 0 saturated heterocycles. The highest BCUT2D eigenvalue weighted by Crippen LogP contribution is 2.36. The number of amides is 1. The van der Waals surface area contributed by atoms with E-state index >= 15 is 0 Å². The zero-order valence-corrected chi connectivity index (χ0v) is 15.2. The van der Waals surface area contributed by atoms with Crippen molar-refractivity contribution in [2.24, 2.45) is 0 Å². The monoisotopic (exact) mass is 412 g/mol. The average molecular weight is 412 g/mol. The summed E-state index contributed by atoms with van der Waals surface area (Å²) in [5.41, 5.74) is -0.461. The lowest BCUT2D eigenvalue weighted by molar-refractivity contribution is -0.137. The maximum atomic E-state index is 13.8. The number of para-hydroxylation sites is 1. The maximum absolute atomic E-state index is 13.8. The van der Waals surface area contributed by atoms with Crippen LogP contribution in [0.25, 0.3) is 11.1 Å². The van der Waals surface area contributed by atoms with E-state index in [2.05, 4.69) is 4.98 Å². The first-order chi connectivity index (χ1) is 13.2. The van der Waals surface area contributed by atoms with Crippen molar-refractivity contribution in [3.05, 3.63) is 70.2 Å². The summed E-state index contributed by atoms with van der Waals surface area (Å²) >= 11 is 0.982. The van der Waals surface area contributed by atoms with Gasteiger partial charge in [-0.3, -0.25) is 4.79 Å². The van der Waals surface area contributed by atoms with Gasteiger partial charge in [-0.05, 0) is 30.7 Å². The number of thiazole rings is 1. The molecule has 9 heteroatoms. The number of carbonyl (C=O) groups excluding carboxylic acids is 1. The molecular formula is C19H13F5N2OS. The Balaban J connectivity index is 2.05. The molecule has 0 radical (unpaired) electrons. The van der Waals surface area contributed by atoms with Crippen molar-refractivity contribution in [1.29, 1.82) is 0 Å². The molecule has 146 valence electrons. The van der Waals surface area contributed by atoms with Gasteiger partial charge in [-0.15, -0.1) is 11.3 Å². The molecule has 0 fully saturated rings. The number of rotatable bonds is 4. The SMILES string of the molecule is Cc1ncc(C(=O)N(c2ccccc2-c2ccc(C(F)(F)F)cc2)C(F)F)s1. The number of hydrogen-bond acceptors (Lipinski definition) is 3. The predicted molar refractivity (Wildman–Crippen MR) is 96.5 cm³/mol. The Bertz CT molecular complexity index is 982. The van der Waals surface area contributed by atoms with Gasteiger partial charge in [0.25, 0.3) is 5.91 Å². The first-order valence-electron chi connectivity index (χ1n) is 7.99. The van der Waals surface area contributed by atoms with E-state index in [4.69, 9.17) is 0 Å². The number of anilines is 1. The lowest BCUT2D eigenvalue weighted by atomic mass is 10.0. The minimum atomic E-state index is -4.51. The summed E-state index contributed by atoms with van der Waals surface area (Å²) in [5.74, 6) is -0.931. The number of aromatic nitrogens is 1. The Morgan fingerprint density at radius 1 is 1.07 bits per heavy atom. The number of benzene rings is 2.